The lowest BCUT2D eigenvalue weighted by Crippen LogP contribution is -2.07. The smallest absolute Gasteiger partial charge is 0.303 e. The van der Waals surface area contributed by atoms with Crippen LogP contribution >= 0.6 is 0 Å². The van der Waals surface area contributed by atoms with Gasteiger partial charge >= 0.3 is 5.97 Å². The molecule has 0 spiro atoms. The Labute approximate surface area is 166 Å². The van der Waals surface area contributed by atoms with E-state index in [4.69, 9.17) is 14.6 Å². The van der Waals surface area contributed by atoms with Crippen LogP contribution in [0, 0.1) is 5.92 Å². The van der Waals surface area contributed by atoms with E-state index in [0.29, 0.717) is 42.4 Å². The van der Waals surface area contributed by atoms with Crippen molar-refractivity contribution in [2.45, 2.75) is 40.0 Å². The van der Waals surface area contributed by atoms with Gasteiger partial charge in [-0.05, 0) is 66.8 Å². The molecule has 1 N–H and O–H groups in total. The summed E-state index contributed by atoms with van der Waals surface area (Å²) in [6.07, 6.45) is 1.16. The van der Waals surface area contributed by atoms with E-state index >= 15 is 0 Å². The minimum Gasteiger partial charge on any atom is -0.493 e. The molecule has 5 nitrogen and oxygen atoms in total. The molecule has 0 unspecified atom stereocenters. The third kappa shape index (κ3) is 6.41. The quantitative estimate of drug-likeness (QED) is 0.566. The van der Waals surface area contributed by atoms with Crippen LogP contribution in [0.25, 0.3) is 0 Å². The number of rotatable bonds is 11. The van der Waals surface area contributed by atoms with E-state index in [1.807, 2.05) is 6.92 Å². The van der Waals surface area contributed by atoms with Crippen LogP contribution in [-0.4, -0.2) is 30.1 Å². The van der Waals surface area contributed by atoms with Crippen molar-refractivity contribution in [2.24, 2.45) is 5.92 Å². The molecule has 150 valence electrons. The zero-order chi connectivity index (χ0) is 20.5. The minimum absolute atomic E-state index is 0.0119. The average molecular weight is 384 g/mol. The summed E-state index contributed by atoms with van der Waals surface area (Å²) in [4.78, 5) is 23.8. The van der Waals surface area contributed by atoms with Gasteiger partial charge in [-0.2, -0.15) is 0 Å². The molecule has 0 aliphatic heterocycles. The van der Waals surface area contributed by atoms with E-state index < -0.39 is 5.97 Å². The lowest BCUT2D eigenvalue weighted by atomic mass is 9.99. The van der Waals surface area contributed by atoms with E-state index in [-0.39, 0.29) is 12.2 Å². The van der Waals surface area contributed by atoms with E-state index in [0.717, 1.165) is 17.7 Å². The van der Waals surface area contributed by atoms with Gasteiger partial charge in [0.05, 0.1) is 13.2 Å². The highest BCUT2D eigenvalue weighted by Gasteiger charge is 2.14. The average Bonchev–Trinajstić information content (AvgIpc) is 2.69. The zero-order valence-electron chi connectivity index (χ0n) is 16.7. The highest BCUT2D eigenvalue weighted by molar-refractivity contribution is 6.09. The Balaban J connectivity index is 2.19. The number of hydrogen-bond donors (Lipinski definition) is 1. The van der Waals surface area contributed by atoms with E-state index in [1.165, 1.54) is 0 Å². The largest absolute Gasteiger partial charge is 0.493 e. The Kier molecular flexibility index (Phi) is 8.05. The van der Waals surface area contributed by atoms with Gasteiger partial charge in [-0.3, -0.25) is 9.59 Å². The number of aliphatic carboxylic acids is 1. The first kappa shape index (κ1) is 21.5. The summed E-state index contributed by atoms with van der Waals surface area (Å²) in [5.41, 5.74) is 1.81. The Morgan fingerprint density at radius 2 is 1.68 bits per heavy atom. The molecule has 0 saturated carbocycles. The molecule has 0 amide bonds. The van der Waals surface area contributed by atoms with Gasteiger partial charge in [0.25, 0.3) is 0 Å². The van der Waals surface area contributed by atoms with E-state index in [1.54, 1.807) is 42.5 Å². The fourth-order valence-corrected chi connectivity index (χ4v) is 2.64. The van der Waals surface area contributed by atoms with Gasteiger partial charge in [-0.1, -0.05) is 20.8 Å². The molecule has 2 rings (SSSR count). The lowest BCUT2D eigenvalue weighted by molar-refractivity contribution is -0.136. The predicted octanol–water partition coefficient (Wildman–Crippen LogP) is 4.76. The molecule has 2 aromatic carbocycles. The molecule has 0 saturated heterocycles. The second kappa shape index (κ2) is 10.5. The second-order valence-corrected chi connectivity index (χ2v) is 7.12. The SMILES string of the molecule is CCCOc1ccc(C(=O)c2ccc(OCC(C)C)cc2)cc1CCC(=O)O. The van der Waals surface area contributed by atoms with E-state index in [2.05, 4.69) is 13.8 Å². The molecule has 0 radical (unpaired) electrons. The zero-order valence-corrected chi connectivity index (χ0v) is 16.7. The highest BCUT2D eigenvalue weighted by atomic mass is 16.5. The summed E-state index contributed by atoms with van der Waals surface area (Å²) >= 11 is 0. The summed E-state index contributed by atoms with van der Waals surface area (Å²) in [6.45, 7) is 7.33. The fourth-order valence-electron chi connectivity index (χ4n) is 2.64. The van der Waals surface area contributed by atoms with Crippen molar-refractivity contribution in [1.29, 1.82) is 0 Å². The molecule has 0 bridgehead atoms. The number of carboxylic acids is 1. The lowest BCUT2D eigenvalue weighted by Gasteiger charge is -2.12. The van der Waals surface area contributed by atoms with Crippen LogP contribution in [0.3, 0.4) is 0 Å². The molecule has 0 atom stereocenters. The van der Waals surface area contributed by atoms with Crippen molar-refractivity contribution in [2.75, 3.05) is 13.2 Å². The van der Waals surface area contributed by atoms with Crippen LogP contribution in [0.1, 0.15) is 55.1 Å². The maximum atomic E-state index is 12.8. The van der Waals surface area contributed by atoms with Gasteiger partial charge in [-0.25, -0.2) is 0 Å². The number of aryl methyl sites for hydroxylation is 1. The van der Waals surface area contributed by atoms with Gasteiger partial charge in [0.15, 0.2) is 5.78 Å². The highest BCUT2D eigenvalue weighted by Crippen LogP contribution is 2.24. The van der Waals surface area contributed by atoms with Crippen LogP contribution < -0.4 is 9.47 Å². The van der Waals surface area contributed by atoms with Crippen LogP contribution in [0.2, 0.25) is 0 Å². The Morgan fingerprint density at radius 3 is 2.29 bits per heavy atom. The first-order chi connectivity index (χ1) is 13.4. The summed E-state index contributed by atoms with van der Waals surface area (Å²) in [5, 5.41) is 8.98. The van der Waals surface area contributed by atoms with Crippen molar-refractivity contribution in [3.05, 3.63) is 59.2 Å². The molecule has 28 heavy (non-hydrogen) atoms. The third-order valence-corrected chi connectivity index (χ3v) is 4.09. The fraction of sp³-hybridized carbons (Fsp3) is 0.391. The number of carboxylic acid groups (broad SMARTS) is 1. The molecule has 0 aliphatic rings. The van der Waals surface area contributed by atoms with Gasteiger partial charge in [0.2, 0.25) is 0 Å². The predicted molar refractivity (Wildman–Crippen MR) is 108 cm³/mol. The number of carbonyl (C=O) groups excluding carboxylic acids is 1. The van der Waals surface area contributed by atoms with Gasteiger partial charge in [0.1, 0.15) is 11.5 Å². The molecule has 0 aromatic heterocycles. The maximum absolute atomic E-state index is 12.8. The molecular formula is C23H28O5. The van der Waals surface area contributed by atoms with Crippen molar-refractivity contribution < 1.29 is 24.2 Å². The van der Waals surface area contributed by atoms with Crippen molar-refractivity contribution in [3.63, 3.8) is 0 Å². The molecule has 0 fully saturated rings. The first-order valence-corrected chi connectivity index (χ1v) is 9.65. The van der Waals surface area contributed by atoms with E-state index in [9.17, 15) is 9.59 Å². The van der Waals surface area contributed by atoms with Gasteiger partial charge < -0.3 is 14.6 Å². The third-order valence-electron chi connectivity index (χ3n) is 4.09. The Morgan fingerprint density at radius 1 is 1.00 bits per heavy atom. The maximum Gasteiger partial charge on any atom is 0.303 e. The molecule has 2 aromatic rings. The van der Waals surface area contributed by atoms with Gasteiger partial charge in [-0.15, -0.1) is 0 Å². The second-order valence-electron chi connectivity index (χ2n) is 7.12. The van der Waals surface area contributed by atoms with Crippen molar-refractivity contribution in [3.8, 4) is 11.5 Å². The summed E-state index contributed by atoms with van der Waals surface area (Å²) in [5.74, 6) is 0.802. The number of benzene rings is 2. The summed E-state index contributed by atoms with van der Waals surface area (Å²) < 4.78 is 11.4. The molecule has 0 heterocycles. The minimum atomic E-state index is -0.879. The summed E-state index contributed by atoms with van der Waals surface area (Å²) in [6, 6.07) is 12.3. The van der Waals surface area contributed by atoms with Crippen LogP contribution in [-0.2, 0) is 11.2 Å². The topological polar surface area (TPSA) is 72.8 Å². The van der Waals surface area contributed by atoms with Crippen LogP contribution in [0.15, 0.2) is 42.5 Å². The van der Waals surface area contributed by atoms with Gasteiger partial charge in [0, 0.05) is 17.5 Å². The summed E-state index contributed by atoms with van der Waals surface area (Å²) in [7, 11) is 0. The van der Waals surface area contributed by atoms with Crippen molar-refractivity contribution >= 4 is 11.8 Å². The first-order valence-electron chi connectivity index (χ1n) is 9.65. The number of hydrogen-bond acceptors (Lipinski definition) is 4. The van der Waals surface area contributed by atoms with Crippen LogP contribution in [0.4, 0.5) is 0 Å². The normalized spacial score (nSPS) is 10.7. The Hall–Kier alpha value is -2.82. The molecular weight excluding hydrogens is 356 g/mol. The molecule has 0 aliphatic carbocycles. The van der Waals surface area contributed by atoms with Crippen molar-refractivity contribution in [1.82, 2.24) is 0 Å². The Bertz CT molecular complexity index is 793. The standard InChI is InChI=1S/C23H28O5/c1-4-13-27-21-11-7-19(14-18(21)8-12-22(24)25)23(26)17-5-9-20(10-6-17)28-15-16(2)3/h5-7,9-11,14,16H,4,8,12-13,15H2,1-3H3,(H,24,25). The number of ether oxygens (including phenoxy) is 2. The van der Waals surface area contributed by atoms with Crippen LogP contribution in [0.5, 0.6) is 11.5 Å². The number of carbonyl (C=O) groups is 2. The monoisotopic (exact) mass is 384 g/mol. The molecule has 5 heteroatoms. The number of ketones is 1.